The number of nitrogens with zero attached hydrogens (tertiary/aromatic N) is 2. The highest BCUT2D eigenvalue weighted by molar-refractivity contribution is 5.91. The standard InChI is InChI=1S/C21H25N3O2/c1-3-12-24-18-7-5-4-6-17(18)22-21(24)23-20(25)11-9-15-8-10-19(26-15)16-13-14(16)2/h4-8,10,14,16H,3,9,11-13H2,1-2H3,(H,22,23,25)/t14-,16-/m1/s1. The number of carbonyl (C=O) groups is 1. The quantitative estimate of drug-likeness (QED) is 0.669. The van der Waals surface area contributed by atoms with Crippen molar-refractivity contribution in [3.8, 4) is 0 Å². The van der Waals surface area contributed by atoms with E-state index in [1.807, 2.05) is 30.3 Å². The molecule has 1 aliphatic carbocycles. The minimum Gasteiger partial charge on any atom is -0.466 e. The van der Waals surface area contributed by atoms with E-state index < -0.39 is 0 Å². The molecule has 0 spiro atoms. The van der Waals surface area contributed by atoms with Crippen LogP contribution in [0.3, 0.4) is 0 Å². The molecule has 0 radical (unpaired) electrons. The maximum Gasteiger partial charge on any atom is 0.227 e. The number of nitrogens with one attached hydrogen (secondary N) is 1. The van der Waals surface area contributed by atoms with E-state index in [1.165, 1.54) is 6.42 Å². The van der Waals surface area contributed by atoms with Gasteiger partial charge in [0.25, 0.3) is 0 Å². The summed E-state index contributed by atoms with van der Waals surface area (Å²) in [5, 5.41) is 2.98. The first-order chi connectivity index (χ1) is 12.7. The van der Waals surface area contributed by atoms with E-state index >= 15 is 0 Å². The maximum absolute atomic E-state index is 12.4. The summed E-state index contributed by atoms with van der Waals surface area (Å²) in [5.41, 5.74) is 1.96. The molecular formula is C21H25N3O2. The van der Waals surface area contributed by atoms with E-state index in [2.05, 4.69) is 34.8 Å². The van der Waals surface area contributed by atoms with Crippen LogP contribution in [0.2, 0.25) is 0 Å². The molecule has 1 N–H and O–H groups in total. The van der Waals surface area contributed by atoms with Crippen molar-refractivity contribution in [1.82, 2.24) is 9.55 Å². The van der Waals surface area contributed by atoms with Gasteiger partial charge in [-0.3, -0.25) is 10.1 Å². The van der Waals surface area contributed by atoms with E-state index in [0.717, 1.165) is 41.4 Å². The van der Waals surface area contributed by atoms with Crippen LogP contribution < -0.4 is 5.32 Å². The number of rotatable bonds is 7. The van der Waals surface area contributed by atoms with Gasteiger partial charge in [0.05, 0.1) is 11.0 Å². The fraction of sp³-hybridized carbons (Fsp3) is 0.429. The minimum absolute atomic E-state index is 0.0320. The van der Waals surface area contributed by atoms with Crippen LogP contribution >= 0.6 is 0 Å². The lowest BCUT2D eigenvalue weighted by Crippen LogP contribution is -2.16. The molecule has 2 aromatic heterocycles. The van der Waals surface area contributed by atoms with Gasteiger partial charge in [0.2, 0.25) is 11.9 Å². The zero-order valence-corrected chi connectivity index (χ0v) is 15.4. The van der Waals surface area contributed by atoms with Gasteiger partial charge in [-0.15, -0.1) is 0 Å². The summed E-state index contributed by atoms with van der Waals surface area (Å²) in [6.45, 7) is 5.19. The van der Waals surface area contributed by atoms with Crippen LogP contribution in [0.15, 0.2) is 40.8 Å². The molecule has 1 fully saturated rings. The Bertz CT molecular complexity index is 924. The van der Waals surface area contributed by atoms with Crippen molar-refractivity contribution in [2.24, 2.45) is 5.92 Å². The van der Waals surface area contributed by atoms with Crippen molar-refractivity contribution in [2.75, 3.05) is 5.32 Å². The van der Waals surface area contributed by atoms with Crippen molar-refractivity contribution >= 4 is 22.9 Å². The Morgan fingerprint density at radius 3 is 2.88 bits per heavy atom. The molecule has 2 heterocycles. The van der Waals surface area contributed by atoms with Crippen molar-refractivity contribution in [2.45, 2.75) is 52.0 Å². The molecule has 0 bridgehead atoms. The van der Waals surface area contributed by atoms with Crippen molar-refractivity contribution in [3.05, 3.63) is 47.9 Å². The van der Waals surface area contributed by atoms with E-state index in [9.17, 15) is 4.79 Å². The molecule has 5 nitrogen and oxygen atoms in total. The third kappa shape index (κ3) is 3.39. The monoisotopic (exact) mass is 351 g/mol. The highest BCUT2D eigenvalue weighted by atomic mass is 16.3. The number of hydrogen-bond acceptors (Lipinski definition) is 3. The number of furan rings is 1. The van der Waals surface area contributed by atoms with Crippen molar-refractivity contribution in [1.29, 1.82) is 0 Å². The van der Waals surface area contributed by atoms with Gasteiger partial charge in [0.1, 0.15) is 11.5 Å². The lowest BCUT2D eigenvalue weighted by Gasteiger charge is -2.08. The second-order valence-corrected chi connectivity index (χ2v) is 7.25. The molecule has 1 amide bonds. The number of aromatic nitrogens is 2. The number of amides is 1. The van der Waals surface area contributed by atoms with E-state index in [0.29, 0.717) is 24.7 Å². The third-order valence-electron chi connectivity index (χ3n) is 5.11. The zero-order chi connectivity index (χ0) is 18.1. The molecule has 1 saturated carbocycles. The fourth-order valence-electron chi connectivity index (χ4n) is 3.49. The van der Waals surface area contributed by atoms with Crippen molar-refractivity contribution < 1.29 is 9.21 Å². The molecule has 0 unspecified atom stereocenters. The van der Waals surface area contributed by atoms with Crippen LogP contribution in [-0.2, 0) is 17.8 Å². The Morgan fingerprint density at radius 1 is 1.31 bits per heavy atom. The van der Waals surface area contributed by atoms with Crippen molar-refractivity contribution in [3.63, 3.8) is 0 Å². The van der Waals surface area contributed by atoms with E-state index in [1.54, 1.807) is 0 Å². The normalized spacial score (nSPS) is 19.0. The number of fused-ring (bicyclic) bond motifs is 1. The first-order valence-corrected chi connectivity index (χ1v) is 9.49. The third-order valence-corrected chi connectivity index (χ3v) is 5.11. The molecule has 0 saturated heterocycles. The van der Waals surface area contributed by atoms with Gasteiger partial charge in [-0.1, -0.05) is 26.0 Å². The molecular weight excluding hydrogens is 326 g/mol. The largest absolute Gasteiger partial charge is 0.466 e. The Kier molecular flexibility index (Phi) is 4.53. The van der Waals surface area contributed by atoms with Crippen LogP contribution in [-0.4, -0.2) is 15.5 Å². The fourth-order valence-corrected chi connectivity index (χ4v) is 3.49. The second-order valence-electron chi connectivity index (χ2n) is 7.25. The topological polar surface area (TPSA) is 60.1 Å². The number of anilines is 1. The first kappa shape index (κ1) is 16.9. The first-order valence-electron chi connectivity index (χ1n) is 9.49. The number of aryl methyl sites for hydroxylation is 2. The van der Waals surface area contributed by atoms with Crippen LogP contribution in [0.4, 0.5) is 5.95 Å². The predicted octanol–water partition coefficient (Wildman–Crippen LogP) is 4.73. The number of imidazole rings is 1. The van der Waals surface area contributed by atoms with E-state index in [-0.39, 0.29) is 5.91 Å². The van der Waals surface area contributed by atoms with Crippen LogP contribution in [0.25, 0.3) is 11.0 Å². The number of hydrogen-bond donors (Lipinski definition) is 1. The Labute approximate surface area is 153 Å². The molecule has 1 aliphatic rings. The highest BCUT2D eigenvalue weighted by Crippen LogP contribution is 2.47. The predicted molar refractivity (Wildman–Crippen MR) is 102 cm³/mol. The smallest absolute Gasteiger partial charge is 0.227 e. The molecule has 4 rings (SSSR count). The Morgan fingerprint density at radius 2 is 2.12 bits per heavy atom. The van der Waals surface area contributed by atoms with Gasteiger partial charge in [-0.2, -0.15) is 0 Å². The Balaban J connectivity index is 1.41. The summed E-state index contributed by atoms with van der Waals surface area (Å²) in [4.78, 5) is 17.0. The average molecular weight is 351 g/mol. The molecule has 26 heavy (non-hydrogen) atoms. The van der Waals surface area contributed by atoms with Crippen LogP contribution in [0.1, 0.15) is 50.5 Å². The summed E-state index contributed by atoms with van der Waals surface area (Å²) < 4.78 is 7.96. The molecule has 3 aromatic rings. The van der Waals surface area contributed by atoms with Gasteiger partial charge in [0.15, 0.2) is 0 Å². The minimum atomic E-state index is -0.0320. The molecule has 0 aliphatic heterocycles. The average Bonchev–Trinajstić information content (AvgIpc) is 3.06. The number of para-hydroxylation sites is 2. The van der Waals surface area contributed by atoms with Gasteiger partial charge in [-0.25, -0.2) is 4.98 Å². The highest BCUT2D eigenvalue weighted by Gasteiger charge is 2.36. The second kappa shape index (κ2) is 6.98. The summed E-state index contributed by atoms with van der Waals surface area (Å²) in [5.74, 6) is 3.85. The Hall–Kier alpha value is -2.56. The van der Waals surface area contributed by atoms with E-state index in [4.69, 9.17) is 4.42 Å². The summed E-state index contributed by atoms with van der Waals surface area (Å²) in [6.07, 6.45) is 3.20. The summed E-state index contributed by atoms with van der Waals surface area (Å²) in [6, 6.07) is 12.0. The zero-order valence-electron chi connectivity index (χ0n) is 15.4. The summed E-state index contributed by atoms with van der Waals surface area (Å²) in [7, 11) is 0. The maximum atomic E-state index is 12.4. The summed E-state index contributed by atoms with van der Waals surface area (Å²) >= 11 is 0. The lowest BCUT2D eigenvalue weighted by atomic mass is 10.2. The van der Waals surface area contributed by atoms with Gasteiger partial charge < -0.3 is 8.98 Å². The molecule has 5 heteroatoms. The van der Waals surface area contributed by atoms with Gasteiger partial charge >= 0.3 is 0 Å². The van der Waals surface area contributed by atoms with Crippen LogP contribution in [0, 0.1) is 5.92 Å². The number of carbonyl (C=O) groups excluding carboxylic acids is 1. The molecule has 136 valence electrons. The molecule has 1 aromatic carbocycles. The SMILES string of the molecule is CCCn1c(NC(=O)CCc2ccc([C@@H]3C[C@H]3C)o2)nc2ccccc21. The van der Waals surface area contributed by atoms with Gasteiger partial charge in [0, 0.05) is 25.3 Å². The molecule has 2 atom stereocenters. The number of benzene rings is 1. The van der Waals surface area contributed by atoms with Crippen LogP contribution in [0.5, 0.6) is 0 Å². The lowest BCUT2D eigenvalue weighted by molar-refractivity contribution is -0.116. The van der Waals surface area contributed by atoms with Gasteiger partial charge in [-0.05, 0) is 43.0 Å².